The van der Waals surface area contributed by atoms with E-state index in [0.29, 0.717) is 0 Å². The second-order valence-corrected chi connectivity index (χ2v) is 5.35. The minimum atomic E-state index is 0.753. The molecule has 0 atom stereocenters. The van der Waals surface area contributed by atoms with Gasteiger partial charge in [0.05, 0.1) is 13.7 Å². The van der Waals surface area contributed by atoms with Crippen molar-refractivity contribution in [1.29, 1.82) is 0 Å². The van der Waals surface area contributed by atoms with Gasteiger partial charge in [-0.25, -0.2) is 0 Å². The van der Waals surface area contributed by atoms with Crippen molar-refractivity contribution in [3.63, 3.8) is 0 Å². The maximum absolute atomic E-state index is 5.38. The molecule has 0 bridgehead atoms. The van der Waals surface area contributed by atoms with Gasteiger partial charge in [0.2, 0.25) is 0 Å². The van der Waals surface area contributed by atoms with E-state index >= 15 is 0 Å². The van der Waals surface area contributed by atoms with Gasteiger partial charge in [-0.15, -0.1) is 0 Å². The molecule has 0 unspecified atom stereocenters. The van der Waals surface area contributed by atoms with Crippen LogP contribution in [-0.4, -0.2) is 52.4 Å². The summed E-state index contributed by atoms with van der Waals surface area (Å²) >= 11 is 3.50. The Balaban J connectivity index is 2.39. The molecule has 0 aliphatic rings. The molecule has 0 radical (unpaired) electrons. The third kappa shape index (κ3) is 6.38. The van der Waals surface area contributed by atoms with E-state index in [0.717, 1.165) is 43.0 Å². The Hall–Kier alpha value is -0.620. The molecule has 1 aromatic carbocycles. The Morgan fingerprint density at radius 1 is 1.26 bits per heavy atom. The number of halogens is 1. The largest absolute Gasteiger partial charge is 0.496 e. The summed E-state index contributed by atoms with van der Waals surface area (Å²) in [6.45, 7) is 4.46. The van der Waals surface area contributed by atoms with Gasteiger partial charge < -0.3 is 19.7 Å². The predicted octanol–water partition coefficient (Wildman–Crippen LogP) is 2.13. The number of methoxy groups -OCH3 is 2. The fourth-order valence-corrected chi connectivity index (χ4v) is 2.22. The Bertz CT molecular complexity index is 374. The molecule has 0 saturated heterocycles. The molecule has 0 spiro atoms. The minimum Gasteiger partial charge on any atom is -0.496 e. The molecule has 0 fully saturated rings. The topological polar surface area (TPSA) is 33.7 Å². The third-order valence-corrected chi connectivity index (χ3v) is 3.33. The average Bonchev–Trinajstić information content (AvgIpc) is 2.39. The maximum atomic E-state index is 5.38. The second-order valence-electron chi connectivity index (χ2n) is 4.44. The van der Waals surface area contributed by atoms with Crippen LogP contribution in [0.3, 0.4) is 0 Å². The van der Waals surface area contributed by atoms with Crippen LogP contribution >= 0.6 is 15.9 Å². The molecular formula is C14H23BrN2O2. The lowest BCUT2D eigenvalue weighted by molar-refractivity contribution is 0.197. The van der Waals surface area contributed by atoms with Gasteiger partial charge in [-0.1, -0.05) is 15.9 Å². The number of nitrogens with one attached hydrogen (secondary N) is 1. The monoisotopic (exact) mass is 330 g/mol. The smallest absolute Gasteiger partial charge is 0.123 e. The number of benzene rings is 1. The summed E-state index contributed by atoms with van der Waals surface area (Å²) in [7, 11) is 5.53. The van der Waals surface area contributed by atoms with Crippen LogP contribution < -0.4 is 10.1 Å². The van der Waals surface area contributed by atoms with E-state index in [9.17, 15) is 0 Å². The van der Waals surface area contributed by atoms with Gasteiger partial charge >= 0.3 is 0 Å². The summed E-state index contributed by atoms with van der Waals surface area (Å²) in [5, 5.41) is 3.34. The van der Waals surface area contributed by atoms with Gasteiger partial charge in [0, 0.05) is 43.3 Å². The normalized spacial score (nSPS) is 11.0. The highest BCUT2D eigenvalue weighted by atomic mass is 79.9. The van der Waals surface area contributed by atoms with Crippen molar-refractivity contribution in [2.24, 2.45) is 0 Å². The summed E-state index contributed by atoms with van der Waals surface area (Å²) in [6.07, 6.45) is 0. The number of likely N-dealkylation sites (N-methyl/N-ethyl adjacent to an activating group) is 1. The molecule has 1 rings (SSSR count). The fraction of sp³-hybridized carbons (Fsp3) is 0.571. The molecule has 0 saturated carbocycles. The Morgan fingerprint density at radius 2 is 2.05 bits per heavy atom. The predicted molar refractivity (Wildman–Crippen MR) is 81.8 cm³/mol. The highest BCUT2D eigenvalue weighted by molar-refractivity contribution is 9.10. The molecule has 4 nitrogen and oxygen atoms in total. The molecule has 0 amide bonds. The first kappa shape index (κ1) is 16.4. The Morgan fingerprint density at radius 3 is 2.74 bits per heavy atom. The van der Waals surface area contributed by atoms with E-state index in [1.807, 2.05) is 12.1 Å². The van der Waals surface area contributed by atoms with Crippen molar-refractivity contribution in [1.82, 2.24) is 10.2 Å². The number of nitrogens with zero attached hydrogens (tertiary/aromatic N) is 1. The van der Waals surface area contributed by atoms with Crippen molar-refractivity contribution in [2.75, 3.05) is 47.5 Å². The number of hydrogen-bond donors (Lipinski definition) is 1. The Kier molecular flexibility index (Phi) is 8.05. The molecule has 1 aromatic rings. The average molecular weight is 331 g/mol. The van der Waals surface area contributed by atoms with Crippen LogP contribution in [0.25, 0.3) is 0 Å². The van der Waals surface area contributed by atoms with Crippen LogP contribution in [0, 0.1) is 0 Å². The van der Waals surface area contributed by atoms with Gasteiger partial charge in [-0.3, -0.25) is 0 Å². The molecule has 0 heterocycles. The zero-order valence-corrected chi connectivity index (χ0v) is 13.5. The number of ether oxygens (including phenoxy) is 2. The molecule has 0 aliphatic carbocycles. The van der Waals surface area contributed by atoms with E-state index in [-0.39, 0.29) is 0 Å². The van der Waals surface area contributed by atoms with Crippen LogP contribution in [0.2, 0.25) is 0 Å². The van der Waals surface area contributed by atoms with Gasteiger partial charge in [-0.2, -0.15) is 0 Å². The van der Waals surface area contributed by atoms with E-state index in [4.69, 9.17) is 9.47 Å². The summed E-state index contributed by atoms with van der Waals surface area (Å²) in [5.74, 6) is 0.933. The molecular weight excluding hydrogens is 308 g/mol. The summed E-state index contributed by atoms with van der Waals surface area (Å²) in [4.78, 5) is 2.27. The fourth-order valence-electron chi connectivity index (χ4n) is 1.81. The lowest BCUT2D eigenvalue weighted by Gasteiger charge is -2.19. The first-order chi connectivity index (χ1) is 9.17. The lowest BCUT2D eigenvalue weighted by atomic mass is 10.2. The summed E-state index contributed by atoms with van der Waals surface area (Å²) in [6, 6.07) is 6.09. The lowest BCUT2D eigenvalue weighted by Crippen LogP contribution is -2.30. The van der Waals surface area contributed by atoms with E-state index in [1.165, 1.54) is 5.56 Å². The molecule has 5 heteroatoms. The highest BCUT2D eigenvalue weighted by Crippen LogP contribution is 2.23. The second kappa shape index (κ2) is 9.31. The highest BCUT2D eigenvalue weighted by Gasteiger charge is 2.06. The van der Waals surface area contributed by atoms with Crippen LogP contribution in [0.15, 0.2) is 22.7 Å². The van der Waals surface area contributed by atoms with Crippen LogP contribution in [0.4, 0.5) is 0 Å². The van der Waals surface area contributed by atoms with Crippen LogP contribution in [-0.2, 0) is 11.3 Å². The molecule has 0 aromatic heterocycles. The van der Waals surface area contributed by atoms with Crippen molar-refractivity contribution in [2.45, 2.75) is 6.54 Å². The minimum absolute atomic E-state index is 0.753. The molecule has 1 N–H and O–H groups in total. The van der Waals surface area contributed by atoms with Crippen molar-refractivity contribution >= 4 is 15.9 Å². The molecule has 108 valence electrons. The summed E-state index contributed by atoms with van der Waals surface area (Å²) in [5.41, 5.74) is 1.19. The van der Waals surface area contributed by atoms with Gasteiger partial charge in [-0.05, 0) is 25.2 Å². The van der Waals surface area contributed by atoms with E-state index in [2.05, 4.69) is 39.3 Å². The first-order valence-electron chi connectivity index (χ1n) is 6.38. The standard InChI is InChI=1S/C14H23BrN2O2/c1-17(8-6-16-7-9-18-2)11-12-10-13(15)4-5-14(12)19-3/h4-5,10,16H,6-9,11H2,1-3H3. The van der Waals surface area contributed by atoms with Gasteiger partial charge in [0.15, 0.2) is 0 Å². The van der Waals surface area contributed by atoms with E-state index in [1.54, 1.807) is 14.2 Å². The van der Waals surface area contributed by atoms with Crippen LogP contribution in [0.5, 0.6) is 5.75 Å². The number of hydrogen-bond acceptors (Lipinski definition) is 4. The third-order valence-electron chi connectivity index (χ3n) is 2.84. The van der Waals surface area contributed by atoms with Crippen molar-refractivity contribution in [3.05, 3.63) is 28.2 Å². The van der Waals surface area contributed by atoms with Gasteiger partial charge in [0.25, 0.3) is 0 Å². The van der Waals surface area contributed by atoms with Gasteiger partial charge in [0.1, 0.15) is 5.75 Å². The first-order valence-corrected chi connectivity index (χ1v) is 7.17. The Labute approximate surface area is 124 Å². The van der Waals surface area contributed by atoms with E-state index < -0.39 is 0 Å². The van der Waals surface area contributed by atoms with Crippen molar-refractivity contribution < 1.29 is 9.47 Å². The SMILES string of the molecule is COCCNCCN(C)Cc1cc(Br)ccc1OC. The zero-order valence-electron chi connectivity index (χ0n) is 11.9. The molecule has 19 heavy (non-hydrogen) atoms. The quantitative estimate of drug-likeness (QED) is 0.703. The van der Waals surface area contributed by atoms with Crippen LogP contribution in [0.1, 0.15) is 5.56 Å². The summed E-state index contributed by atoms with van der Waals surface area (Å²) < 4.78 is 11.4. The zero-order chi connectivity index (χ0) is 14.1. The molecule has 0 aliphatic heterocycles. The number of rotatable bonds is 9. The maximum Gasteiger partial charge on any atom is 0.123 e. The van der Waals surface area contributed by atoms with Crippen molar-refractivity contribution in [3.8, 4) is 5.75 Å².